The van der Waals surface area contributed by atoms with Gasteiger partial charge in [-0.3, -0.25) is 19.4 Å². The monoisotopic (exact) mass is 1060 g/mol. The van der Waals surface area contributed by atoms with E-state index in [1.165, 1.54) is 0 Å². The molecule has 0 saturated carbocycles. The van der Waals surface area contributed by atoms with Gasteiger partial charge in [0.15, 0.2) is 0 Å². The van der Waals surface area contributed by atoms with Gasteiger partial charge in [-0.2, -0.15) is 0 Å². The number of carbonyl (C=O) groups excluding carboxylic acids is 5. The number of nitrogens with one attached hydrogen (secondary N) is 2. The van der Waals surface area contributed by atoms with E-state index in [1.807, 2.05) is 104 Å². The molecule has 0 bridgehead atoms. The zero-order valence-electron chi connectivity index (χ0n) is 47.9. The van der Waals surface area contributed by atoms with E-state index >= 15 is 0 Å². The summed E-state index contributed by atoms with van der Waals surface area (Å²) >= 11 is 0. The van der Waals surface area contributed by atoms with Crippen molar-refractivity contribution in [1.29, 1.82) is 0 Å². The fourth-order valence-corrected chi connectivity index (χ4v) is 8.26. The van der Waals surface area contributed by atoms with E-state index < -0.39 is 53.5 Å². The molecule has 4 aromatic carbocycles. The van der Waals surface area contributed by atoms with Gasteiger partial charge < -0.3 is 44.5 Å². The standard InChI is InChI=1S/C30H38N2O6.C20H21NO3.C10H19NO4/c1-16(2)25(31-29(35)38-30(7,8)9)28(34)37-23-14-21(12-11-17(23)3)26-20(6)27(33)32(26)22-13-18(4)19(5)24(15-22)36-10;1-11-6-7-15(9-17(11)22)19-14(4)20(23)21(19)16-8-12(2)13(3)18(10-16)24-5;1-6(2)7(8(12)13)11-9(14)15-10(3,4)5/h11-16,25-26H,6H2,1-5,7-10H3,(H,31,35);6-10,19,22H,4H2,1-3,5H3;6-7H,1-5H3,(H,11,14)(H,12,13)/t25-,26+;19-;7-/m010/s1. The zero-order valence-corrected chi connectivity index (χ0v) is 47.9. The van der Waals surface area contributed by atoms with Gasteiger partial charge in [-0.1, -0.05) is 65.1 Å². The van der Waals surface area contributed by atoms with Gasteiger partial charge in [0, 0.05) is 34.7 Å². The van der Waals surface area contributed by atoms with Crippen LogP contribution in [-0.2, 0) is 28.7 Å². The number of carbonyl (C=O) groups is 6. The molecule has 77 heavy (non-hydrogen) atoms. The molecule has 4 aromatic rings. The van der Waals surface area contributed by atoms with Gasteiger partial charge in [0.05, 0.1) is 26.3 Å². The second-order valence-electron chi connectivity index (χ2n) is 22.0. The number of β-lactam (4-membered cyclic amide) rings is 2. The molecule has 416 valence electrons. The Morgan fingerprint density at radius 2 is 0.961 bits per heavy atom. The molecule has 0 spiro atoms. The number of esters is 1. The third-order valence-electron chi connectivity index (χ3n) is 12.9. The highest BCUT2D eigenvalue weighted by atomic mass is 16.6. The van der Waals surface area contributed by atoms with Crippen LogP contribution in [0, 0.1) is 53.4 Å². The van der Waals surface area contributed by atoms with Crippen molar-refractivity contribution in [3.63, 3.8) is 0 Å². The molecule has 4 amide bonds. The number of aryl methyl sites for hydroxylation is 4. The number of aromatic hydroxyl groups is 1. The molecule has 0 radical (unpaired) electrons. The number of hydrogen-bond acceptors (Lipinski definition) is 12. The number of hydrogen-bond donors (Lipinski definition) is 4. The number of phenolic OH excluding ortho intramolecular Hbond substituents is 1. The molecule has 2 aliphatic rings. The summed E-state index contributed by atoms with van der Waals surface area (Å²) in [4.78, 5) is 76.2. The van der Waals surface area contributed by atoms with Crippen LogP contribution in [0.3, 0.4) is 0 Å². The number of phenols is 1. The van der Waals surface area contributed by atoms with Gasteiger partial charge in [-0.05, 0) is 164 Å². The molecule has 4 atom stereocenters. The van der Waals surface area contributed by atoms with Crippen LogP contribution in [-0.4, -0.2) is 83.7 Å². The SMILES string of the molecule is C=C1C(=O)N(c2cc(C)c(C)c(OC)c2)[C@H]1c1ccc(C)c(O)c1.C=C1C(=O)N(c2cc(C)c(C)c(OC)c2)[C@H]1c1ccc(C)c(OC(=O)[C@@H](NC(=O)OC(C)(C)C)C(C)C)c1.CC(C)[C@H](NC(=O)OC(C)(C)C)C(=O)O. The van der Waals surface area contributed by atoms with Crippen LogP contribution in [0.25, 0.3) is 0 Å². The molecule has 2 heterocycles. The maximum absolute atomic E-state index is 13.1. The van der Waals surface area contributed by atoms with Gasteiger partial charge in [0.25, 0.3) is 11.8 Å². The highest BCUT2D eigenvalue weighted by Gasteiger charge is 2.44. The second kappa shape index (κ2) is 24.9. The molecule has 0 unspecified atom stereocenters. The molecular weight excluding hydrogens is 985 g/mol. The molecule has 17 nitrogen and oxygen atoms in total. The van der Waals surface area contributed by atoms with E-state index in [4.69, 9.17) is 28.8 Å². The van der Waals surface area contributed by atoms with E-state index in [2.05, 4.69) is 23.8 Å². The number of ether oxygens (including phenoxy) is 5. The lowest BCUT2D eigenvalue weighted by molar-refractivity contribution is -0.140. The Labute approximate surface area is 453 Å². The number of carboxylic acid groups (broad SMARTS) is 1. The zero-order chi connectivity index (χ0) is 58.3. The second-order valence-corrected chi connectivity index (χ2v) is 22.0. The number of anilines is 2. The summed E-state index contributed by atoms with van der Waals surface area (Å²) in [6, 6.07) is 16.0. The Morgan fingerprint density at radius 3 is 1.32 bits per heavy atom. The summed E-state index contributed by atoms with van der Waals surface area (Å²) in [5, 5.41) is 23.7. The summed E-state index contributed by atoms with van der Waals surface area (Å²) in [7, 11) is 3.22. The van der Waals surface area contributed by atoms with Crippen LogP contribution in [0.5, 0.6) is 23.0 Å². The summed E-state index contributed by atoms with van der Waals surface area (Å²) in [6.07, 6.45) is -1.40. The molecule has 2 fully saturated rings. The van der Waals surface area contributed by atoms with Crippen LogP contribution in [0.1, 0.15) is 126 Å². The first-order valence-electron chi connectivity index (χ1n) is 25.3. The van der Waals surface area contributed by atoms with Gasteiger partial charge in [-0.25, -0.2) is 19.2 Å². The molecule has 2 aliphatic heterocycles. The Hall–Kier alpha value is -7.82. The number of methoxy groups -OCH3 is 2. The van der Waals surface area contributed by atoms with Crippen LogP contribution < -0.4 is 34.6 Å². The first kappa shape index (κ1) is 61.7. The van der Waals surface area contributed by atoms with Crippen molar-refractivity contribution in [2.45, 2.75) is 146 Å². The van der Waals surface area contributed by atoms with Crippen molar-refractivity contribution in [2.75, 3.05) is 24.0 Å². The number of nitrogens with zero attached hydrogens (tertiary/aromatic N) is 2. The molecule has 0 aromatic heterocycles. The third kappa shape index (κ3) is 15.2. The fraction of sp³-hybridized carbons (Fsp3) is 0.433. The van der Waals surface area contributed by atoms with Crippen molar-refractivity contribution < 1.29 is 62.7 Å². The molecule has 17 heteroatoms. The van der Waals surface area contributed by atoms with E-state index in [1.54, 1.807) is 91.5 Å². The number of amides is 4. The maximum Gasteiger partial charge on any atom is 0.408 e. The lowest BCUT2D eigenvalue weighted by atomic mass is 9.87. The number of benzene rings is 4. The Bertz CT molecular complexity index is 2930. The van der Waals surface area contributed by atoms with E-state index in [0.29, 0.717) is 28.3 Å². The lowest BCUT2D eigenvalue weighted by Crippen LogP contribution is -2.49. The number of aliphatic carboxylic acids is 1. The van der Waals surface area contributed by atoms with Crippen molar-refractivity contribution in [1.82, 2.24) is 10.6 Å². The van der Waals surface area contributed by atoms with Crippen molar-refractivity contribution >= 4 is 47.3 Å². The smallest absolute Gasteiger partial charge is 0.408 e. The Morgan fingerprint density at radius 1 is 0.571 bits per heavy atom. The van der Waals surface area contributed by atoms with Gasteiger partial charge in [0.1, 0.15) is 46.3 Å². The fourth-order valence-electron chi connectivity index (χ4n) is 8.26. The van der Waals surface area contributed by atoms with Crippen molar-refractivity contribution in [3.05, 3.63) is 129 Å². The molecule has 4 N–H and O–H groups in total. The Kier molecular flexibility index (Phi) is 20.0. The normalized spacial score (nSPS) is 15.9. The van der Waals surface area contributed by atoms with Crippen molar-refractivity contribution in [2.24, 2.45) is 11.8 Å². The van der Waals surface area contributed by atoms with Crippen LogP contribution in [0.2, 0.25) is 0 Å². The van der Waals surface area contributed by atoms with Crippen LogP contribution in [0.4, 0.5) is 21.0 Å². The molecule has 0 aliphatic carbocycles. The quantitative estimate of drug-likeness (QED) is 0.0424. The first-order chi connectivity index (χ1) is 35.6. The maximum atomic E-state index is 13.1. The summed E-state index contributed by atoms with van der Waals surface area (Å²) in [6.45, 7) is 37.0. The number of carboxylic acids is 1. The minimum Gasteiger partial charge on any atom is -0.508 e. The lowest BCUT2D eigenvalue weighted by Gasteiger charge is -2.43. The summed E-state index contributed by atoms with van der Waals surface area (Å²) in [5.41, 5.74) is 8.36. The van der Waals surface area contributed by atoms with Gasteiger partial charge in [0.2, 0.25) is 0 Å². The average Bonchev–Trinajstić information content (AvgIpc) is 3.32. The molecule has 2 saturated heterocycles. The number of rotatable bonds is 13. The highest BCUT2D eigenvalue weighted by molar-refractivity contribution is 6.16. The largest absolute Gasteiger partial charge is 0.508 e. The topological polar surface area (TPSA) is 220 Å². The minimum absolute atomic E-state index is 0.106. The number of alkyl carbamates (subject to hydrolysis) is 2. The summed E-state index contributed by atoms with van der Waals surface area (Å²) < 4.78 is 27.0. The van der Waals surface area contributed by atoms with Crippen LogP contribution in [0.15, 0.2) is 85.0 Å². The van der Waals surface area contributed by atoms with E-state index in [0.717, 1.165) is 55.9 Å². The van der Waals surface area contributed by atoms with E-state index in [-0.39, 0.29) is 35.4 Å². The first-order valence-corrected chi connectivity index (χ1v) is 25.3. The van der Waals surface area contributed by atoms with Crippen LogP contribution >= 0.6 is 0 Å². The predicted octanol–water partition coefficient (Wildman–Crippen LogP) is 11.3. The van der Waals surface area contributed by atoms with Crippen molar-refractivity contribution in [3.8, 4) is 23.0 Å². The molecule has 6 rings (SSSR count). The highest BCUT2D eigenvalue weighted by Crippen LogP contribution is 2.46. The van der Waals surface area contributed by atoms with Gasteiger partial charge >= 0.3 is 24.1 Å². The van der Waals surface area contributed by atoms with Gasteiger partial charge in [-0.15, -0.1) is 0 Å². The average molecular weight is 1060 g/mol. The Balaban J connectivity index is 0.000000279. The molecular formula is C60H78N4O13. The summed E-state index contributed by atoms with van der Waals surface area (Å²) in [5.74, 6) is -0.368. The predicted molar refractivity (Wildman–Crippen MR) is 297 cm³/mol. The third-order valence-corrected chi connectivity index (χ3v) is 12.9. The minimum atomic E-state index is -1.06. The van der Waals surface area contributed by atoms with E-state index in [9.17, 15) is 33.9 Å².